The summed E-state index contributed by atoms with van der Waals surface area (Å²) in [6.07, 6.45) is 5.19. The highest BCUT2D eigenvalue weighted by Gasteiger charge is 2.33. The second kappa shape index (κ2) is 9.22. The Labute approximate surface area is 188 Å². The van der Waals surface area contributed by atoms with Crippen molar-refractivity contribution >= 4 is 29.2 Å². The first-order valence-electron chi connectivity index (χ1n) is 10.8. The molecule has 31 heavy (non-hydrogen) atoms. The van der Waals surface area contributed by atoms with Gasteiger partial charge in [0.25, 0.3) is 0 Å². The van der Waals surface area contributed by atoms with Crippen LogP contribution in [-0.4, -0.2) is 65.2 Å². The van der Waals surface area contributed by atoms with Crippen molar-refractivity contribution < 1.29 is 4.79 Å². The molecule has 0 bridgehead atoms. The SMILES string of the molecule is CC1=NN(CCC(=O)N2CCCC2c2nc(N(C)C)ncc2-c2ccc(Cl)cc2)CC1. The standard InChI is InChI=1S/C23H29ClN6O/c1-16-10-13-29(27-16)14-11-21(31)30-12-4-5-20(30)22-19(15-25-23(26-22)28(2)3)17-6-8-18(24)9-7-17/h6-9,15,20H,4-5,10-14H2,1-3H3. The lowest BCUT2D eigenvalue weighted by molar-refractivity contribution is -0.132. The van der Waals surface area contributed by atoms with Crippen LogP contribution in [0, 0.1) is 0 Å². The van der Waals surface area contributed by atoms with E-state index in [2.05, 4.69) is 10.1 Å². The zero-order chi connectivity index (χ0) is 22.0. The average molecular weight is 441 g/mol. The maximum Gasteiger partial charge on any atom is 0.225 e. The van der Waals surface area contributed by atoms with Gasteiger partial charge in [0.2, 0.25) is 11.9 Å². The predicted molar refractivity (Wildman–Crippen MR) is 124 cm³/mol. The molecule has 1 aromatic heterocycles. The lowest BCUT2D eigenvalue weighted by atomic mass is 9.99. The van der Waals surface area contributed by atoms with Crippen LogP contribution in [0.2, 0.25) is 5.02 Å². The molecule has 1 unspecified atom stereocenters. The summed E-state index contributed by atoms with van der Waals surface area (Å²) in [7, 11) is 3.86. The number of benzene rings is 1. The fraction of sp³-hybridized carbons (Fsp3) is 0.478. The van der Waals surface area contributed by atoms with Crippen molar-refractivity contribution in [2.75, 3.05) is 38.6 Å². The monoisotopic (exact) mass is 440 g/mol. The molecule has 7 nitrogen and oxygen atoms in total. The molecule has 0 saturated carbocycles. The Hall–Kier alpha value is -2.67. The molecule has 1 aromatic carbocycles. The fourth-order valence-electron chi connectivity index (χ4n) is 4.22. The van der Waals surface area contributed by atoms with E-state index in [0.29, 0.717) is 23.9 Å². The van der Waals surface area contributed by atoms with Crippen molar-refractivity contribution in [3.63, 3.8) is 0 Å². The van der Waals surface area contributed by atoms with Crippen molar-refractivity contribution in [3.8, 4) is 11.1 Å². The number of hydrogen-bond donors (Lipinski definition) is 0. The van der Waals surface area contributed by atoms with E-state index in [1.807, 2.05) is 66.3 Å². The van der Waals surface area contributed by atoms with E-state index in [4.69, 9.17) is 16.6 Å². The van der Waals surface area contributed by atoms with Gasteiger partial charge in [-0.05, 0) is 37.5 Å². The van der Waals surface area contributed by atoms with Gasteiger partial charge in [0.1, 0.15) is 0 Å². The fourth-order valence-corrected chi connectivity index (χ4v) is 4.34. The number of halogens is 1. The maximum absolute atomic E-state index is 13.2. The van der Waals surface area contributed by atoms with Gasteiger partial charge >= 0.3 is 0 Å². The molecule has 1 fully saturated rings. The number of nitrogens with zero attached hydrogens (tertiary/aromatic N) is 6. The molecule has 2 aliphatic rings. The van der Waals surface area contributed by atoms with Crippen molar-refractivity contribution in [2.24, 2.45) is 5.10 Å². The number of aromatic nitrogens is 2. The van der Waals surface area contributed by atoms with E-state index in [9.17, 15) is 4.79 Å². The quantitative estimate of drug-likeness (QED) is 0.679. The first kappa shape index (κ1) is 21.6. The van der Waals surface area contributed by atoms with E-state index in [0.717, 1.165) is 54.9 Å². The number of amides is 1. The molecular weight excluding hydrogens is 412 g/mol. The van der Waals surface area contributed by atoms with Crippen molar-refractivity contribution in [1.29, 1.82) is 0 Å². The number of carbonyl (C=O) groups excluding carboxylic acids is 1. The first-order valence-corrected chi connectivity index (χ1v) is 11.2. The zero-order valence-corrected chi connectivity index (χ0v) is 19.1. The van der Waals surface area contributed by atoms with E-state index >= 15 is 0 Å². The normalized spacial score (nSPS) is 18.5. The van der Waals surface area contributed by atoms with Gasteiger partial charge in [0.05, 0.1) is 11.7 Å². The summed E-state index contributed by atoms with van der Waals surface area (Å²) in [5.74, 6) is 0.809. The topological polar surface area (TPSA) is 64.9 Å². The van der Waals surface area contributed by atoms with Gasteiger partial charge in [-0.2, -0.15) is 5.10 Å². The van der Waals surface area contributed by atoms with Crippen LogP contribution in [0.15, 0.2) is 35.6 Å². The highest BCUT2D eigenvalue weighted by Crippen LogP contribution is 2.37. The molecular formula is C23H29ClN6O. The van der Waals surface area contributed by atoms with E-state index < -0.39 is 0 Å². The number of hydrazone groups is 1. The zero-order valence-electron chi connectivity index (χ0n) is 18.4. The van der Waals surface area contributed by atoms with Crippen LogP contribution in [0.1, 0.15) is 44.3 Å². The molecule has 0 radical (unpaired) electrons. The van der Waals surface area contributed by atoms with Crippen LogP contribution >= 0.6 is 11.6 Å². The Morgan fingerprint density at radius 3 is 2.68 bits per heavy atom. The molecule has 1 amide bonds. The lowest BCUT2D eigenvalue weighted by Crippen LogP contribution is -2.33. The number of rotatable bonds is 6. The summed E-state index contributed by atoms with van der Waals surface area (Å²) >= 11 is 6.09. The van der Waals surface area contributed by atoms with Gasteiger partial charge in [0.15, 0.2) is 0 Å². The third-order valence-electron chi connectivity index (χ3n) is 5.88. The molecule has 0 N–H and O–H groups in total. The molecule has 164 valence electrons. The van der Waals surface area contributed by atoms with Gasteiger partial charge in [-0.1, -0.05) is 23.7 Å². The molecule has 0 spiro atoms. The molecule has 0 aliphatic carbocycles. The predicted octanol–water partition coefficient (Wildman–Crippen LogP) is 4.00. The molecule has 2 aromatic rings. The van der Waals surface area contributed by atoms with Gasteiger partial charge < -0.3 is 9.80 Å². The Morgan fingerprint density at radius 2 is 2.00 bits per heavy atom. The van der Waals surface area contributed by atoms with Crippen LogP contribution in [0.5, 0.6) is 0 Å². The number of anilines is 1. The highest BCUT2D eigenvalue weighted by molar-refractivity contribution is 6.30. The van der Waals surface area contributed by atoms with Crippen LogP contribution in [0.25, 0.3) is 11.1 Å². The minimum atomic E-state index is -0.0521. The van der Waals surface area contributed by atoms with Crippen LogP contribution in [0.3, 0.4) is 0 Å². The summed E-state index contributed by atoms with van der Waals surface area (Å²) in [6.45, 7) is 4.36. The molecule has 3 heterocycles. The van der Waals surface area contributed by atoms with Crippen LogP contribution in [0.4, 0.5) is 5.95 Å². The van der Waals surface area contributed by atoms with Gasteiger partial charge in [-0.3, -0.25) is 9.80 Å². The van der Waals surface area contributed by atoms with E-state index in [1.54, 1.807) is 0 Å². The highest BCUT2D eigenvalue weighted by atomic mass is 35.5. The third kappa shape index (κ3) is 4.82. The van der Waals surface area contributed by atoms with Gasteiger partial charge in [-0.25, -0.2) is 9.97 Å². The van der Waals surface area contributed by atoms with Crippen molar-refractivity contribution in [2.45, 2.75) is 38.6 Å². The molecule has 4 rings (SSSR count). The number of hydrogen-bond acceptors (Lipinski definition) is 6. The van der Waals surface area contributed by atoms with Crippen LogP contribution in [-0.2, 0) is 4.79 Å². The molecule has 1 saturated heterocycles. The first-order chi connectivity index (χ1) is 14.9. The smallest absolute Gasteiger partial charge is 0.225 e. The van der Waals surface area contributed by atoms with Gasteiger partial charge in [0, 0.05) is 69.1 Å². The second-order valence-electron chi connectivity index (χ2n) is 8.40. The number of carbonyl (C=O) groups is 1. The third-order valence-corrected chi connectivity index (χ3v) is 6.13. The Morgan fingerprint density at radius 1 is 1.23 bits per heavy atom. The maximum atomic E-state index is 13.2. The summed E-state index contributed by atoms with van der Waals surface area (Å²) in [4.78, 5) is 26.5. The van der Waals surface area contributed by atoms with E-state index in [-0.39, 0.29) is 11.9 Å². The van der Waals surface area contributed by atoms with E-state index in [1.165, 1.54) is 0 Å². The summed E-state index contributed by atoms with van der Waals surface area (Å²) in [5.41, 5.74) is 4.00. The summed E-state index contributed by atoms with van der Waals surface area (Å²) < 4.78 is 0. The summed E-state index contributed by atoms with van der Waals surface area (Å²) in [6, 6.07) is 7.65. The Bertz CT molecular complexity index is 975. The van der Waals surface area contributed by atoms with Crippen LogP contribution < -0.4 is 4.90 Å². The molecule has 8 heteroatoms. The second-order valence-corrected chi connectivity index (χ2v) is 8.84. The molecule has 2 aliphatic heterocycles. The van der Waals surface area contributed by atoms with Crippen molar-refractivity contribution in [3.05, 3.63) is 41.2 Å². The van der Waals surface area contributed by atoms with Gasteiger partial charge in [-0.15, -0.1) is 0 Å². The Balaban J connectivity index is 1.60. The number of likely N-dealkylation sites (tertiary alicyclic amines) is 1. The Kier molecular flexibility index (Phi) is 6.41. The molecule has 1 atom stereocenters. The minimum absolute atomic E-state index is 0.0521. The largest absolute Gasteiger partial charge is 0.347 e. The summed E-state index contributed by atoms with van der Waals surface area (Å²) in [5, 5.41) is 7.19. The average Bonchev–Trinajstić information content (AvgIpc) is 3.41. The van der Waals surface area contributed by atoms with Crippen molar-refractivity contribution in [1.82, 2.24) is 19.9 Å². The lowest BCUT2D eigenvalue weighted by Gasteiger charge is -2.27. The minimum Gasteiger partial charge on any atom is -0.347 e.